The van der Waals surface area contributed by atoms with E-state index in [1.54, 1.807) is 17.8 Å². The molecule has 1 aliphatic heterocycles. The Balaban J connectivity index is 2.14. The highest BCUT2D eigenvalue weighted by molar-refractivity contribution is 9.10. The van der Waals surface area contributed by atoms with Crippen molar-refractivity contribution in [1.29, 1.82) is 0 Å². The zero-order chi connectivity index (χ0) is 10.7. The van der Waals surface area contributed by atoms with E-state index in [4.69, 9.17) is 0 Å². The van der Waals surface area contributed by atoms with Gasteiger partial charge in [-0.1, -0.05) is 15.9 Å². The van der Waals surface area contributed by atoms with Crippen LogP contribution in [-0.4, -0.2) is 18.1 Å². The summed E-state index contributed by atoms with van der Waals surface area (Å²) in [6.07, 6.45) is 1.67. The highest BCUT2D eigenvalue weighted by atomic mass is 79.9. The molecule has 1 aromatic rings. The Bertz CT molecular complexity index is 392. The molecule has 4 heteroatoms. The third-order valence-corrected chi connectivity index (χ3v) is 3.56. The second-order valence-corrected chi connectivity index (χ2v) is 5.21. The maximum atomic E-state index is 11.8. The van der Waals surface area contributed by atoms with E-state index >= 15 is 0 Å². The Hall–Kier alpha value is -0.740. The van der Waals surface area contributed by atoms with Crippen LogP contribution in [0.3, 0.4) is 0 Å². The van der Waals surface area contributed by atoms with Gasteiger partial charge in [0.1, 0.15) is 0 Å². The van der Waals surface area contributed by atoms with Crippen LogP contribution in [0.2, 0.25) is 0 Å². The molecular weight excluding hydrogens is 274 g/mol. The zero-order valence-electron chi connectivity index (χ0n) is 8.00. The lowest BCUT2D eigenvalue weighted by molar-refractivity contribution is 0.104. The summed E-state index contributed by atoms with van der Waals surface area (Å²) in [5.41, 5.74) is 0.722. The molecule has 0 radical (unpaired) electrons. The smallest absolute Gasteiger partial charge is 0.188 e. The predicted molar refractivity (Wildman–Crippen MR) is 67.0 cm³/mol. The first-order chi connectivity index (χ1) is 7.25. The first kappa shape index (κ1) is 10.8. The molecule has 2 nitrogen and oxygen atoms in total. The summed E-state index contributed by atoms with van der Waals surface area (Å²) in [4.78, 5) is 11.8. The molecule has 0 amide bonds. The summed E-state index contributed by atoms with van der Waals surface area (Å²) in [7, 11) is 0. The molecule has 1 aromatic carbocycles. The van der Waals surface area contributed by atoms with Crippen LogP contribution in [0.25, 0.3) is 0 Å². The van der Waals surface area contributed by atoms with Gasteiger partial charge in [-0.05, 0) is 24.3 Å². The molecule has 2 rings (SSSR count). The third-order valence-electron chi connectivity index (χ3n) is 2.05. The van der Waals surface area contributed by atoms with Crippen molar-refractivity contribution in [3.8, 4) is 0 Å². The SMILES string of the molecule is O=C(/C=C1\NCCS1)c1ccc(Br)cc1. The van der Waals surface area contributed by atoms with Crippen molar-refractivity contribution in [3.63, 3.8) is 0 Å². The fraction of sp³-hybridized carbons (Fsp3) is 0.182. The lowest BCUT2D eigenvalue weighted by Gasteiger charge is -1.98. The van der Waals surface area contributed by atoms with Crippen molar-refractivity contribution >= 4 is 33.5 Å². The molecule has 1 saturated heterocycles. The lowest BCUT2D eigenvalue weighted by Crippen LogP contribution is -2.06. The Morgan fingerprint density at radius 2 is 2.13 bits per heavy atom. The molecule has 1 fully saturated rings. The summed E-state index contributed by atoms with van der Waals surface area (Å²) in [6, 6.07) is 7.40. The van der Waals surface area contributed by atoms with Gasteiger partial charge in [0.15, 0.2) is 5.78 Å². The van der Waals surface area contributed by atoms with Gasteiger partial charge in [0.05, 0.1) is 5.03 Å². The van der Waals surface area contributed by atoms with E-state index in [2.05, 4.69) is 21.2 Å². The molecule has 0 bridgehead atoms. The maximum absolute atomic E-state index is 11.8. The molecule has 1 N–H and O–H groups in total. The Morgan fingerprint density at radius 3 is 2.73 bits per heavy atom. The molecule has 1 aliphatic rings. The fourth-order valence-electron chi connectivity index (χ4n) is 1.30. The number of thioether (sulfide) groups is 1. The van der Waals surface area contributed by atoms with E-state index in [1.807, 2.05) is 24.3 Å². The Morgan fingerprint density at radius 1 is 1.40 bits per heavy atom. The number of rotatable bonds is 2. The number of benzene rings is 1. The van der Waals surface area contributed by atoms with Gasteiger partial charge < -0.3 is 5.32 Å². The first-order valence-electron chi connectivity index (χ1n) is 4.64. The van der Waals surface area contributed by atoms with Gasteiger partial charge in [-0.2, -0.15) is 0 Å². The molecular formula is C11H10BrNOS. The largest absolute Gasteiger partial charge is 0.379 e. The van der Waals surface area contributed by atoms with E-state index in [0.29, 0.717) is 0 Å². The number of hydrogen-bond acceptors (Lipinski definition) is 3. The fourth-order valence-corrected chi connectivity index (χ4v) is 2.38. The molecule has 15 heavy (non-hydrogen) atoms. The summed E-state index contributed by atoms with van der Waals surface area (Å²) in [6.45, 7) is 0.949. The minimum absolute atomic E-state index is 0.0550. The standard InChI is InChI=1S/C11H10BrNOS/c12-9-3-1-8(2-4-9)10(14)7-11-13-5-6-15-11/h1-4,7,13H,5-6H2/b11-7+. The van der Waals surface area contributed by atoms with Crippen LogP contribution in [-0.2, 0) is 0 Å². The van der Waals surface area contributed by atoms with Crippen LogP contribution in [0.5, 0.6) is 0 Å². The number of nitrogens with one attached hydrogen (secondary N) is 1. The Labute approximate surface area is 101 Å². The van der Waals surface area contributed by atoms with Gasteiger partial charge in [0, 0.05) is 28.4 Å². The van der Waals surface area contributed by atoms with Gasteiger partial charge in [-0.3, -0.25) is 4.79 Å². The number of carbonyl (C=O) groups excluding carboxylic acids is 1. The highest BCUT2D eigenvalue weighted by Crippen LogP contribution is 2.19. The number of carbonyl (C=O) groups is 1. The van der Waals surface area contributed by atoms with Crippen molar-refractivity contribution in [3.05, 3.63) is 45.4 Å². The van der Waals surface area contributed by atoms with Crippen molar-refractivity contribution in [1.82, 2.24) is 5.32 Å². The van der Waals surface area contributed by atoms with Crippen LogP contribution in [0.15, 0.2) is 39.8 Å². The molecule has 78 valence electrons. The Kier molecular flexibility index (Phi) is 3.49. The molecule has 1 heterocycles. The zero-order valence-corrected chi connectivity index (χ0v) is 10.4. The lowest BCUT2D eigenvalue weighted by atomic mass is 10.1. The minimum atomic E-state index is 0.0550. The quantitative estimate of drug-likeness (QED) is 0.669. The highest BCUT2D eigenvalue weighted by Gasteiger charge is 2.09. The van der Waals surface area contributed by atoms with Crippen molar-refractivity contribution in [2.45, 2.75) is 0 Å². The van der Waals surface area contributed by atoms with Crippen LogP contribution in [0, 0.1) is 0 Å². The van der Waals surface area contributed by atoms with Crippen LogP contribution >= 0.6 is 27.7 Å². The number of ketones is 1. The summed E-state index contributed by atoms with van der Waals surface area (Å²) >= 11 is 5.03. The molecule has 0 unspecified atom stereocenters. The van der Waals surface area contributed by atoms with E-state index in [0.717, 1.165) is 27.4 Å². The minimum Gasteiger partial charge on any atom is -0.379 e. The van der Waals surface area contributed by atoms with Crippen LogP contribution in [0.4, 0.5) is 0 Å². The third kappa shape index (κ3) is 2.86. The number of hydrogen-bond donors (Lipinski definition) is 1. The second kappa shape index (κ2) is 4.86. The van der Waals surface area contributed by atoms with Gasteiger partial charge in [0.25, 0.3) is 0 Å². The number of allylic oxidation sites excluding steroid dienone is 1. The normalized spacial score (nSPS) is 17.8. The molecule has 0 saturated carbocycles. The van der Waals surface area contributed by atoms with Crippen molar-refractivity contribution in [2.24, 2.45) is 0 Å². The van der Waals surface area contributed by atoms with E-state index < -0.39 is 0 Å². The number of halogens is 1. The maximum Gasteiger partial charge on any atom is 0.188 e. The molecule has 0 spiro atoms. The summed E-state index contributed by atoms with van der Waals surface area (Å²) in [5, 5.41) is 4.14. The average Bonchev–Trinajstić information content (AvgIpc) is 2.71. The topological polar surface area (TPSA) is 29.1 Å². The summed E-state index contributed by atoms with van der Waals surface area (Å²) < 4.78 is 0.986. The first-order valence-corrected chi connectivity index (χ1v) is 6.42. The van der Waals surface area contributed by atoms with E-state index in [-0.39, 0.29) is 5.78 Å². The molecule has 0 aliphatic carbocycles. The average molecular weight is 284 g/mol. The molecule has 0 atom stereocenters. The second-order valence-electron chi connectivity index (χ2n) is 3.15. The van der Waals surface area contributed by atoms with Crippen LogP contribution in [0.1, 0.15) is 10.4 Å². The van der Waals surface area contributed by atoms with Gasteiger partial charge in [0.2, 0.25) is 0 Å². The van der Waals surface area contributed by atoms with Crippen molar-refractivity contribution < 1.29 is 4.79 Å². The molecule has 0 aromatic heterocycles. The van der Waals surface area contributed by atoms with E-state index in [1.165, 1.54) is 0 Å². The van der Waals surface area contributed by atoms with Crippen molar-refractivity contribution in [2.75, 3.05) is 12.3 Å². The van der Waals surface area contributed by atoms with Crippen LogP contribution < -0.4 is 5.32 Å². The summed E-state index contributed by atoms with van der Waals surface area (Å²) in [5.74, 6) is 1.10. The van der Waals surface area contributed by atoms with Gasteiger partial charge >= 0.3 is 0 Å². The van der Waals surface area contributed by atoms with Gasteiger partial charge in [-0.15, -0.1) is 11.8 Å². The van der Waals surface area contributed by atoms with Gasteiger partial charge in [-0.25, -0.2) is 0 Å². The van der Waals surface area contributed by atoms with E-state index in [9.17, 15) is 4.79 Å². The predicted octanol–water partition coefficient (Wildman–Crippen LogP) is 2.81. The monoisotopic (exact) mass is 283 g/mol.